The number of carbonyl (C=O) groups is 2. The number of amides is 1. The molecule has 0 aliphatic carbocycles. The number of rotatable bonds is 8. The molecule has 2 rings (SSSR count). The molecule has 1 amide bonds. The molecule has 1 saturated heterocycles. The molecule has 0 bridgehead atoms. The van der Waals surface area contributed by atoms with Gasteiger partial charge in [0.1, 0.15) is 0 Å². The lowest BCUT2D eigenvalue weighted by atomic mass is 10.2. The van der Waals surface area contributed by atoms with Crippen molar-refractivity contribution in [1.82, 2.24) is 9.88 Å². The van der Waals surface area contributed by atoms with E-state index in [9.17, 15) is 9.59 Å². The van der Waals surface area contributed by atoms with E-state index in [-0.39, 0.29) is 12.3 Å². The molecule has 7 heteroatoms. The van der Waals surface area contributed by atoms with Crippen LogP contribution in [0.25, 0.3) is 0 Å². The molecule has 1 aliphatic heterocycles. The molecule has 116 valence electrons. The maximum absolute atomic E-state index is 11.8. The number of hydrogen-bond donors (Lipinski definition) is 2. The van der Waals surface area contributed by atoms with E-state index in [4.69, 9.17) is 5.11 Å². The number of aromatic nitrogens is 1. The Kier molecular flexibility index (Phi) is 6.13. The van der Waals surface area contributed by atoms with E-state index in [2.05, 4.69) is 15.2 Å². The number of carbonyl (C=O) groups excluding carboxylic acids is 1. The molecule has 2 N–H and O–H groups in total. The Hall–Kier alpha value is -1.47. The fraction of sp³-hybridized carbons (Fsp3) is 0.643. The minimum Gasteiger partial charge on any atom is -0.481 e. The summed E-state index contributed by atoms with van der Waals surface area (Å²) in [6.07, 6.45) is 4.30. The zero-order valence-electron chi connectivity index (χ0n) is 12.0. The zero-order valence-corrected chi connectivity index (χ0v) is 12.8. The third-order valence-corrected chi connectivity index (χ3v) is 4.28. The molecule has 0 atom stereocenters. The summed E-state index contributed by atoms with van der Waals surface area (Å²) in [7, 11) is 0. The van der Waals surface area contributed by atoms with Crippen molar-refractivity contribution < 1.29 is 14.7 Å². The van der Waals surface area contributed by atoms with Crippen LogP contribution in [0.3, 0.4) is 0 Å². The standard InChI is InChI=1S/C14H21N3O3S/c18-12(6-9-17-7-1-2-8-17)16-14-15-11(10-21-14)4-3-5-13(19)20/h10H,1-9H2,(H,19,20)(H,15,16,18). The molecule has 0 spiro atoms. The molecule has 2 heterocycles. The number of hydrogen-bond acceptors (Lipinski definition) is 5. The van der Waals surface area contributed by atoms with Gasteiger partial charge in [0.25, 0.3) is 0 Å². The number of thiazole rings is 1. The van der Waals surface area contributed by atoms with Crippen LogP contribution >= 0.6 is 11.3 Å². The van der Waals surface area contributed by atoms with Gasteiger partial charge < -0.3 is 15.3 Å². The Balaban J connectivity index is 1.68. The molecule has 1 aromatic rings. The Morgan fingerprint density at radius 1 is 1.33 bits per heavy atom. The molecule has 1 aliphatic rings. The highest BCUT2D eigenvalue weighted by Crippen LogP contribution is 2.17. The Labute approximate surface area is 128 Å². The van der Waals surface area contributed by atoms with Crippen LogP contribution in [0.1, 0.15) is 37.8 Å². The van der Waals surface area contributed by atoms with Crippen LogP contribution in [0.4, 0.5) is 5.13 Å². The smallest absolute Gasteiger partial charge is 0.303 e. The highest BCUT2D eigenvalue weighted by molar-refractivity contribution is 7.13. The Morgan fingerprint density at radius 3 is 2.81 bits per heavy atom. The SMILES string of the molecule is O=C(O)CCCc1csc(NC(=O)CCN2CCCC2)n1. The van der Waals surface area contributed by atoms with Gasteiger partial charge in [-0.2, -0.15) is 0 Å². The monoisotopic (exact) mass is 311 g/mol. The number of carboxylic acids is 1. The molecule has 6 nitrogen and oxygen atoms in total. The number of aliphatic carboxylic acids is 1. The lowest BCUT2D eigenvalue weighted by molar-refractivity contribution is -0.137. The number of aryl methyl sites for hydroxylation is 1. The first kappa shape index (κ1) is 15.9. The summed E-state index contributed by atoms with van der Waals surface area (Å²) >= 11 is 1.39. The molecular weight excluding hydrogens is 290 g/mol. The third kappa shape index (κ3) is 5.81. The van der Waals surface area contributed by atoms with Crippen molar-refractivity contribution in [2.75, 3.05) is 25.0 Å². The minimum absolute atomic E-state index is 0.00617. The topological polar surface area (TPSA) is 82.5 Å². The highest BCUT2D eigenvalue weighted by Gasteiger charge is 2.13. The summed E-state index contributed by atoms with van der Waals surface area (Å²) in [6.45, 7) is 3.00. The summed E-state index contributed by atoms with van der Waals surface area (Å²) in [5.74, 6) is -0.797. The second-order valence-electron chi connectivity index (χ2n) is 5.24. The van der Waals surface area contributed by atoms with Gasteiger partial charge in [0, 0.05) is 24.8 Å². The van der Waals surface area contributed by atoms with Crippen LogP contribution in [0, 0.1) is 0 Å². The molecule has 0 saturated carbocycles. The molecule has 1 fully saturated rings. The average molecular weight is 311 g/mol. The summed E-state index contributed by atoms with van der Waals surface area (Å²) in [5.41, 5.74) is 0.844. The lowest BCUT2D eigenvalue weighted by Crippen LogP contribution is -2.25. The van der Waals surface area contributed by atoms with E-state index >= 15 is 0 Å². The maximum Gasteiger partial charge on any atom is 0.303 e. The molecule has 21 heavy (non-hydrogen) atoms. The van der Waals surface area contributed by atoms with Crippen molar-refractivity contribution >= 4 is 28.3 Å². The van der Waals surface area contributed by atoms with Crippen LogP contribution < -0.4 is 5.32 Å². The van der Waals surface area contributed by atoms with E-state index in [0.29, 0.717) is 24.4 Å². The average Bonchev–Trinajstić information content (AvgIpc) is 3.08. The summed E-state index contributed by atoms with van der Waals surface area (Å²) in [5, 5.41) is 13.9. The molecule has 0 unspecified atom stereocenters. The summed E-state index contributed by atoms with van der Waals surface area (Å²) < 4.78 is 0. The lowest BCUT2D eigenvalue weighted by Gasteiger charge is -2.13. The first-order chi connectivity index (χ1) is 10.1. The van der Waals surface area contributed by atoms with Crippen LogP contribution in [-0.2, 0) is 16.0 Å². The minimum atomic E-state index is -0.791. The van der Waals surface area contributed by atoms with Crippen molar-refractivity contribution in [3.05, 3.63) is 11.1 Å². The number of likely N-dealkylation sites (tertiary alicyclic amines) is 1. The van der Waals surface area contributed by atoms with Crippen LogP contribution in [0.5, 0.6) is 0 Å². The molecule has 0 aromatic carbocycles. The van der Waals surface area contributed by atoms with E-state index in [1.165, 1.54) is 24.2 Å². The van der Waals surface area contributed by atoms with E-state index in [0.717, 1.165) is 25.3 Å². The largest absolute Gasteiger partial charge is 0.481 e. The van der Waals surface area contributed by atoms with Crippen molar-refractivity contribution in [3.63, 3.8) is 0 Å². The van der Waals surface area contributed by atoms with Crippen molar-refractivity contribution in [1.29, 1.82) is 0 Å². The number of nitrogens with one attached hydrogen (secondary N) is 1. The van der Waals surface area contributed by atoms with E-state index in [1.807, 2.05) is 5.38 Å². The normalized spacial score (nSPS) is 15.2. The first-order valence-corrected chi connectivity index (χ1v) is 8.20. The predicted octanol–water partition coefficient (Wildman–Crippen LogP) is 1.97. The van der Waals surface area contributed by atoms with Crippen LogP contribution in [0.2, 0.25) is 0 Å². The van der Waals surface area contributed by atoms with Crippen molar-refractivity contribution in [2.45, 2.75) is 38.5 Å². The van der Waals surface area contributed by atoms with Gasteiger partial charge in [-0.1, -0.05) is 0 Å². The summed E-state index contributed by atoms with van der Waals surface area (Å²) in [4.78, 5) is 28.9. The van der Waals surface area contributed by atoms with Gasteiger partial charge in [-0.15, -0.1) is 11.3 Å². The number of nitrogens with zero attached hydrogens (tertiary/aromatic N) is 2. The second-order valence-corrected chi connectivity index (χ2v) is 6.10. The highest BCUT2D eigenvalue weighted by atomic mass is 32.1. The van der Waals surface area contributed by atoms with Gasteiger partial charge in [0.15, 0.2) is 5.13 Å². The van der Waals surface area contributed by atoms with Gasteiger partial charge in [0.05, 0.1) is 5.69 Å². The number of carboxylic acid groups (broad SMARTS) is 1. The van der Waals surface area contributed by atoms with E-state index < -0.39 is 5.97 Å². The Bertz CT molecular complexity index is 484. The summed E-state index contributed by atoms with van der Waals surface area (Å²) in [6, 6.07) is 0. The van der Waals surface area contributed by atoms with Gasteiger partial charge in [-0.05, 0) is 38.8 Å². The fourth-order valence-electron chi connectivity index (χ4n) is 2.35. The van der Waals surface area contributed by atoms with Gasteiger partial charge in [-0.25, -0.2) is 4.98 Å². The number of anilines is 1. The second kappa shape index (κ2) is 8.09. The first-order valence-electron chi connectivity index (χ1n) is 7.32. The molecule has 1 aromatic heterocycles. The van der Waals surface area contributed by atoms with Crippen molar-refractivity contribution in [2.24, 2.45) is 0 Å². The van der Waals surface area contributed by atoms with Gasteiger partial charge >= 0.3 is 5.97 Å². The zero-order chi connectivity index (χ0) is 15.1. The predicted molar refractivity (Wildman–Crippen MR) is 81.6 cm³/mol. The van der Waals surface area contributed by atoms with Crippen molar-refractivity contribution in [3.8, 4) is 0 Å². The van der Waals surface area contributed by atoms with Gasteiger partial charge in [0.2, 0.25) is 5.91 Å². The Morgan fingerprint density at radius 2 is 2.10 bits per heavy atom. The van der Waals surface area contributed by atoms with Gasteiger partial charge in [-0.3, -0.25) is 9.59 Å². The van der Waals surface area contributed by atoms with Crippen LogP contribution in [-0.4, -0.2) is 46.5 Å². The fourth-order valence-corrected chi connectivity index (χ4v) is 3.11. The molecular formula is C14H21N3O3S. The van der Waals surface area contributed by atoms with Crippen LogP contribution in [0.15, 0.2) is 5.38 Å². The molecule has 0 radical (unpaired) electrons. The third-order valence-electron chi connectivity index (χ3n) is 3.48. The maximum atomic E-state index is 11.8. The van der Waals surface area contributed by atoms with E-state index in [1.54, 1.807) is 0 Å². The quantitative estimate of drug-likeness (QED) is 0.767.